The highest BCUT2D eigenvalue weighted by atomic mass is 32.1. The van der Waals surface area contributed by atoms with Gasteiger partial charge in [0, 0.05) is 21.6 Å². The Hall–Kier alpha value is -2.12. The summed E-state index contributed by atoms with van der Waals surface area (Å²) >= 11 is 1.23. The minimum atomic E-state index is -4.86. The minimum Gasteiger partial charge on any atom is -0.496 e. The standard InChI is InChI=1S/C22H22F4O2S/c1-20(2,17-11-15(23)8-9-18(17)28-3)13-21(27,22(24,25)26)12-16-10-14-6-4-5-7-19(14)29-16/h4-11,27H,12-13H2,1-3H3. The van der Waals surface area contributed by atoms with Crippen LogP contribution in [-0.4, -0.2) is 24.0 Å². The van der Waals surface area contributed by atoms with Crippen molar-refractivity contribution in [3.05, 3.63) is 64.8 Å². The molecular formula is C22H22F4O2S. The first kappa shape index (κ1) is 21.6. The van der Waals surface area contributed by atoms with Gasteiger partial charge < -0.3 is 9.84 Å². The van der Waals surface area contributed by atoms with Gasteiger partial charge in [-0.05, 0) is 47.6 Å². The normalized spacial score (nSPS) is 14.8. The first-order valence-corrected chi connectivity index (χ1v) is 9.87. The van der Waals surface area contributed by atoms with Crippen LogP contribution in [0.25, 0.3) is 10.1 Å². The van der Waals surface area contributed by atoms with E-state index in [1.54, 1.807) is 19.9 Å². The number of aliphatic hydroxyl groups is 1. The zero-order chi connectivity index (χ0) is 21.4. The molecule has 3 rings (SSSR count). The van der Waals surface area contributed by atoms with Crippen molar-refractivity contribution in [1.82, 2.24) is 0 Å². The summed E-state index contributed by atoms with van der Waals surface area (Å²) in [6.45, 7) is 3.10. The van der Waals surface area contributed by atoms with Crippen molar-refractivity contribution in [2.75, 3.05) is 7.11 Å². The Morgan fingerprint density at radius 1 is 1.03 bits per heavy atom. The fourth-order valence-corrected chi connectivity index (χ4v) is 4.88. The van der Waals surface area contributed by atoms with Crippen molar-refractivity contribution in [3.8, 4) is 5.75 Å². The molecule has 2 nitrogen and oxygen atoms in total. The number of ether oxygens (including phenoxy) is 1. The van der Waals surface area contributed by atoms with Gasteiger partial charge in [0.05, 0.1) is 7.11 Å². The molecule has 1 heterocycles. The fraction of sp³-hybridized carbons (Fsp3) is 0.364. The van der Waals surface area contributed by atoms with Gasteiger partial charge in [-0.15, -0.1) is 11.3 Å². The predicted molar refractivity (Wildman–Crippen MR) is 107 cm³/mol. The highest BCUT2D eigenvalue weighted by Crippen LogP contribution is 2.46. The number of halogens is 4. The van der Waals surface area contributed by atoms with Crippen molar-refractivity contribution in [1.29, 1.82) is 0 Å². The van der Waals surface area contributed by atoms with E-state index in [4.69, 9.17) is 4.74 Å². The van der Waals surface area contributed by atoms with Crippen LogP contribution in [0.5, 0.6) is 5.75 Å². The molecule has 0 aliphatic heterocycles. The second kappa shape index (κ2) is 7.61. The van der Waals surface area contributed by atoms with Crippen molar-refractivity contribution in [2.24, 2.45) is 0 Å². The van der Waals surface area contributed by atoms with Crippen LogP contribution >= 0.6 is 11.3 Å². The molecular weight excluding hydrogens is 404 g/mol. The summed E-state index contributed by atoms with van der Waals surface area (Å²) in [4.78, 5) is 0.438. The molecule has 29 heavy (non-hydrogen) atoms. The SMILES string of the molecule is COc1ccc(F)cc1C(C)(C)CC(O)(Cc1cc2ccccc2s1)C(F)(F)F. The largest absolute Gasteiger partial charge is 0.496 e. The van der Waals surface area contributed by atoms with Gasteiger partial charge in [-0.25, -0.2) is 4.39 Å². The Bertz CT molecular complexity index is 976. The Balaban J connectivity index is 1.99. The van der Waals surface area contributed by atoms with Crippen LogP contribution < -0.4 is 4.74 Å². The number of benzene rings is 2. The Morgan fingerprint density at radius 3 is 2.34 bits per heavy atom. The molecule has 156 valence electrons. The van der Waals surface area contributed by atoms with Gasteiger partial charge in [-0.2, -0.15) is 13.2 Å². The molecule has 7 heteroatoms. The van der Waals surface area contributed by atoms with Crippen LogP contribution in [0.1, 0.15) is 30.7 Å². The van der Waals surface area contributed by atoms with Gasteiger partial charge in [-0.3, -0.25) is 0 Å². The lowest BCUT2D eigenvalue weighted by Gasteiger charge is -2.38. The molecule has 0 aliphatic rings. The van der Waals surface area contributed by atoms with E-state index in [0.29, 0.717) is 4.88 Å². The molecule has 0 fully saturated rings. The van der Waals surface area contributed by atoms with Gasteiger partial charge in [0.1, 0.15) is 11.6 Å². The molecule has 0 aliphatic carbocycles. The van der Waals surface area contributed by atoms with Crippen LogP contribution in [0.3, 0.4) is 0 Å². The van der Waals surface area contributed by atoms with Gasteiger partial charge in [0.15, 0.2) is 5.60 Å². The molecule has 1 N–H and O–H groups in total. The topological polar surface area (TPSA) is 29.5 Å². The maximum atomic E-state index is 14.0. The molecule has 0 bridgehead atoms. The van der Waals surface area contributed by atoms with Gasteiger partial charge in [0.25, 0.3) is 0 Å². The summed E-state index contributed by atoms with van der Waals surface area (Å²) in [5.41, 5.74) is -3.90. The summed E-state index contributed by atoms with van der Waals surface area (Å²) in [7, 11) is 1.37. The Labute approximate surface area is 170 Å². The van der Waals surface area contributed by atoms with Crippen LogP contribution in [0.4, 0.5) is 17.6 Å². The third-order valence-corrected chi connectivity index (χ3v) is 6.21. The second-order valence-electron chi connectivity index (χ2n) is 7.86. The number of methoxy groups -OCH3 is 1. The molecule has 0 saturated carbocycles. The van der Waals surface area contributed by atoms with E-state index in [1.165, 1.54) is 30.6 Å². The highest BCUT2D eigenvalue weighted by Gasteiger charge is 2.56. The first-order chi connectivity index (χ1) is 13.4. The van der Waals surface area contributed by atoms with E-state index in [0.717, 1.165) is 16.2 Å². The molecule has 1 unspecified atom stereocenters. The number of fused-ring (bicyclic) bond motifs is 1. The predicted octanol–water partition coefficient (Wildman–Crippen LogP) is 6.25. The summed E-state index contributed by atoms with van der Waals surface area (Å²) in [6.07, 6.45) is -6.07. The minimum absolute atomic E-state index is 0.277. The Kier molecular flexibility index (Phi) is 5.66. The number of hydrogen-bond acceptors (Lipinski definition) is 3. The monoisotopic (exact) mass is 426 g/mol. The van der Waals surface area contributed by atoms with Crippen LogP contribution in [0.2, 0.25) is 0 Å². The summed E-state index contributed by atoms with van der Waals surface area (Å²) in [5.74, 6) is -0.295. The molecule has 1 atom stereocenters. The van der Waals surface area contributed by atoms with Crippen LogP contribution in [-0.2, 0) is 11.8 Å². The summed E-state index contributed by atoms with van der Waals surface area (Å²) in [5, 5.41) is 11.6. The average molecular weight is 426 g/mol. The lowest BCUT2D eigenvalue weighted by molar-refractivity contribution is -0.266. The first-order valence-electron chi connectivity index (χ1n) is 9.06. The quantitative estimate of drug-likeness (QED) is 0.472. The van der Waals surface area contributed by atoms with Crippen molar-refractivity contribution in [3.63, 3.8) is 0 Å². The zero-order valence-electron chi connectivity index (χ0n) is 16.3. The van der Waals surface area contributed by atoms with E-state index < -0.39 is 35.9 Å². The lowest BCUT2D eigenvalue weighted by Crippen LogP contribution is -2.50. The molecule has 0 radical (unpaired) electrons. The molecule has 3 aromatic rings. The van der Waals surface area contributed by atoms with E-state index in [1.807, 2.05) is 24.3 Å². The van der Waals surface area contributed by atoms with E-state index in [2.05, 4.69) is 0 Å². The van der Waals surface area contributed by atoms with E-state index in [9.17, 15) is 22.7 Å². The average Bonchev–Trinajstić information content (AvgIpc) is 3.02. The molecule has 0 saturated heterocycles. The zero-order valence-corrected chi connectivity index (χ0v) is 17.1. The van der Waals surface area contributed by atoms with Crippen LogP contribution in [0, 0.1) is 5.82 Å². The van der Waals surface area contributed by atoms with Gasteiger partial charge >= 0.3 is 6.18 Å². The summed E-state index contributed by atoms with van der Waals surface area (Å²) < 4.78 is 61.9. The molecule has 1 aromatic heterocycles. The fourth-order valence-electron chi connectivity index (χ4n) is 3.71. The molecule has 0 spiro atoms. The van der Waals surface area contributed by atoms with Gasteiger partial charge in [-0.1, -0.05) is 32.0 Å². The number of alkyl halides is 3. The van der Waals surface area contributed by atoms with Crippen LogP contribution in [0.15, 0.2) is 48.5 Å². The number of rotatable bonds is 6. The summed E-state index contributed by atoms with van der Waals surface area (Å²) in [6, 6.07) is 12.7. The van der Waals surface area contributed by atoms with E-state index >= 15 is 0 Å². The van der Waals surface area contributed by atoms with Gasteiger partial charge in [0.2, 0.25) is 0 Å². The van der Waals surface area contributed by atoms with Crippen molar-refractivity contribution < 1.29 is 27.4 Å². The van der Waals surface area contributed by atoms with E-state index in [-0.39, 0.29) is 11.3 Å². The third kappa shape index (κ3) is 4.41. The maximum Gasteiger partial charge on any atom is 0.417 e. The van der Waals surface area contributed by atoms with Crippen molar-refractivity contribution in [2.45, 2.75) is 43.9 Å². The van der Waals surface area contributed by atoms with Crippen molar-refractivity contribution >= 4 is 21.4 Å². The second-order valence-corrected chi connectivity index (χ2v) is 9.03. The number of thiophene rings is 1. The molecule has 2 aromatic carbocycles. The molecule has 0 amide bonds. The lowest BCUT2D eigenvalue weighted by atomic mass is 9.73. The highest BCUT2D eigenvalue weighted by molar-refractivity contribution is 7.19. The Morgan fingerprint density at radius 2 is 1.72 bits per heavy atom. The number of hydrogen-bond donors (Lipinski definition) is 1. The smallest absolute Gasteiger partial charge is 0.417 e. The maximum absolute atomic E-state index is 14.0. The third-order valence-electron chi connectivity index (χ3n) is 5.10.